The van der Waals surface area contributed by atoms with Crippen molar-refractivity contribution in [1.82, 2.24) is 0 Å². The van der Waals surface area contributed by atoms with Gasteiger partial charge in [-0.05, 0) is 42.4 Å². The Labute approximate surface area is 64.0 Å². The SMILES string of the molecule is CC(C)(C)C1(C2CC2)CC1. The highest BCUT2D eigenvalue weighted by Crippen LogP contribution is 2.69. The van der Waals surface area contributed by atoms with Crippen LogP contribution in [0.2, 0.25) is 0 Å². The zero-order valence-corrected chi connectivity index (χ0v) is 7.41. The Morgan fingerprint density at radius 1 is 1.10 bits per heavy atom. The Morgan fingerprint density at radius 2 is 1.60 bits per heavy atom. The minimum Gasteiger partial charge on any atom is -0.0596 e. The van der Waals surface area contributed by atoms with Gasteiger partial charge in [0.2, 0.25) is 0 Å². The van der Waals surface area contributed by atoms with Crippen molar-refractivity contribution < 1.29 is 0 Å². The van der Waals surface area contributed by atoms with Gasteiger partial charge in [-0.15, -0.1) is 0 Å². The molecular weight excluding hydrogens is 120 g/mol. The Kier molecular flexibility index (Phi) is 1.07. The van der Waals surface area contributed by atoms with Crippen LogP contribution in [0.3, 0.4) is 0 Å². The molecule has 2 aliphatic rings. The predicted octanol–water partition coefficient (Wildman–Crippen LogP) is 3.22. The van der Waals surface area contributed by atoms with E-state index in [1.165, 1.54) is 25.7 Å². The van der Waals surface area contributed by atoms with Crippen molar-refractivity contribution in [1.29, 1.82) is 0 Å². The van der Waals surface area contributed by atoms with Crippen LogP contribution in [0.1, 0.15) is 46.5 Å². The maximum atomic E-state index is 2.42. The van der Waals surface area contributed by atoms with Crippen LogP contribution in [0.15, 0.2) is 0 Å². The normalized spacial score (nSPS) is 30.3. The monoisotopic (exact) mass is 138 g/mol. The highest BCUT2D eigenvalue weighted by molar-refractivity contribution is 5.09. The molecule has 0 aromatic rings. The average molecular weight is 138 g/mol. The van der Waals surface area contributed by atoms with Crippen molar-refractivity contribution >= 4 is 0 Å². The molecule has 2 rings (SSSR count). The molecule has 2 fully saturated rings. The molecule has 0 aromatic carbocycles. The molecule has 0 heteroatoms. The molecule has 0 unspecified atom stereocenters. The van der Waals surface area contributed by atoms with Gasteiger partial charge in [0.25, 0.3) is 0 Å². The van der Waals surface area contributed by atoms with E-state index in [1.807, 2.05) is 0 Å². The van der Waals surface area contributed by atoms with Crippen molar-refractivity contribution in [2.75, 3.05) is 0 Å². The van der Waals surface area contributed by atoms with E-state index in [2.05, 4.69) is 20.8 Å². The molecule has 0 radical (unpaired) electrons. The first kappa shape index (κ1) is 6.69. The van der Waals surface area contributed by atoms with E-state index in [4.69, 9.17) is 0 Å². The minimum absolute atomic E-state index is 0.591. The maximum Gasteiger partial charge on any atom is -0.0220 e. The molecule has 0 aromatic heterocycles. The molecule has 2 saturated carbocycles. The van der Waals surface area contributed by atoms with Gasteiger partial charge in [-0.1, -0.05) is 20.8 Å². The summed E-state index contributed by atoms with van der Waals surface area (Å²) < 4.78 is 0. The maximum absolute atomic E-state index is 2.42. The summed E-state index contributed by atoms with van der Waals surface area (Å²) in [6.07, 6.45) is 6.08. The molecule has 2 aliphatic carbocycles. The molecule has 0 bridgehead atoms. The Bertz CT molecular complexity index is 142. The smallest absolute Gasteiger partial charge is 0.0220 e. The summed E-state index contributed by atoms with van der Waals surface area (Å²) in [5.74, 6) is 1.12. The van der Waals surface area contributed by atoms with Crippen molar-refractivity contribution in [2.24, 2.45) is 16.7 Å². The number of hydrogen-bond acceptors (Lipinski definition) is 0. The molecule has 0 amide bonds. The van der Waals surface area contributed by atoms with Crippen LogP contribution >= 0.6 is 0 Å². The standard InChI is InChI=1S/C10H18/c1-9(2,3)10(6-7-10)8-4-5-8/h8H,4-7H2,1-3H3. The first-order valence-electron chi connectivity index (χ1n) is 4.56. The summed E-state index contributed by atoms with van der Waals surface area (Å²) in [5, 5.41) is 0. The zero-order valence-electron chi connectivity index (χ0n) is 7.41. The lowest BCUT2D eigenvalue weighted by Gasteiger charge is -2.30. The van der Waals surface area contributed by atoms with Gasteiger partial charge in [0.1, 0.15) is 0 Å². The molecule has 0 heterocycles. The van der Waals surface area contributed by atoms with E-state index in [0.717, 1.165) is 11.3 Å². The van der Waals surface area contributed by atoms with E-state index in [-0.39, 0.29) is 0 Å². The van der Waals surface area contributed by atoms with E-state index in [1.54, 1.807) is 0 Å². The van der Waals surface area contributed by atoms with Crippen LogP contribution in [0.5, 0.6) is 0 Å². The second-order valence-electron chi connectivity index (χ2n) is 5.18. The lowest BCUT2D eigenvalue weighted by molar-refractivity contribution is 0.183. The van der Waals surface area contributed by atoms with Gasteiger partial charge in [0.15, 0.2) is 0 Å². The quantitative estimate of drug-likeness (QED) is 0.522. The third-order valence-electron chi connectivity index (χ3n) is 3.64. The van der Waals surface area contributed by atoms with Gasteiger partial charge in [-0.3, -0.25) is 0 Å². The third kappa shape index (κ3) is 0.741. The molecule has 10 heavy (non-hydrogen) atoms. The van der Waals surface area contributed by atoms with Crippen molar-refractivity contribution in [3.05, 3.63) is 0 Å². The highest BCUT2D eigenvalue weighted by Gasteiger charge is 2.59. The van der Waals surface area contributed by atoms with Gasteiger partial charge >= 0.3 is 0 Å². The number of rotatable bonds is 1. The second-order valence-corrected chi connectivity index (χ2v) is 5.18. The first-order chi connectivity index (χ1) is 4.56. The topological polar surface area (TPSA) is 0 Å². The molecule has 0 atom stereocenters. The fourth-order valence-corrected chi connectivity index (χ4v) is 2.54. The predicted molar refractivity (Wildman–Crippen MR) is 43.8 cm³/mol. The largest absolute Gasteiger partial charge is 0.0596 e. The average Bonchev–Trinajstić information content (AvgIpc) is 2.56. The van der Waals surface area contributed by atoms with E-state index in [0.29, 0.717) is 5.41 Å². The number of hydrogen-bond donors (Lipinski definition) is 0. The van der Waals surface area contributed by atoms with Crippen molar-refractivity contribution in [3.8, 4) is 0 Å². The van der Waals surface area contributed by atoms with Crippen molar-refractivity contribution in [2.45, 2.75) is 46.5 Å². The Balaban J connectivity index is 2.13. The third-order valence-corrected chi connectivity index (χ3v) is 3.64. The lowest BCUT2D eigenvalue weighted by atomic mass is 9.74. The van der Waals surface area contributed by atoms with Crippen molar-refractivity contribution in [3.63, 3.8) is 0 Å². The zero-order chi connectivity index (χ0) is 7.41. The Hall–Kier alpha value is 0. The second kappa shape index (κ2) is 1.60. The van der Waals surface area contributed by atoms with Gasteiger partial charge in [0, 0.05) is 0 Å². The molecule has 58 valence electrons. The highest BCUT2D eigenvalue weighted by atomic mass is 14.6. The summed E-state index contributed by atoms with van der Waals surface area (Å²) in [6.45, 7) is 7.24. The molecular formula is C10H18. The van der Waals surface area contributed by atoms with Gasteiger partial charge in [-0.2, -0.15) is 0 Å². The summed E-state index contributed by atoms with van der Waals surface area (Å²) in [6, 6.07) is 0. The van der Waals surface area contributed by atoms with Crippen LogP contribution in [-0.2, 0) is 0 Å². The summed E-state index contributed by atoms with van der Waals surface area (Å²) in [5.41, 5.74) is 1.39. The fourth-order valence-electron chi connectivity index (χ4n) is 2.54. The molecule has 0 aliphatic heterocycles. The van der Waals surface area contributed by atoms with E-state index in [9.17, 15) is 0 Å². The van der Waals surface area contributed by atoms with Gasteiger partial charge in [0.05, 0.1) is 0 Å². The molecule has 0 saturated heterocycles. The summed E-state index contributed by atoms with van der Waals surface area (Å²) >= 11 is 0. The summed E-state index contributed by atoms with van der Waals surface area (Å²) in [7, 11) is 0. The van der Waals surface area contributed by atoms with E-state index < -0.39 is 0 Å². The molecule has 0 spiro atoms. The van der Waals surface area contributed by atoms with Crippen LogP contribution in [0, 0.1) is 16.7 Å². The first-order valence-corrected chi connectivity index (χ1v) is 4.56. The van der Waals surface area contributed by atoms with Crippen LogP contribution in [0.4, 0.5) is 0 Å². The fraction of sp³-hybridized carbons (Fsp3) is 1.00. The molecule has 0 nitrogen and oxygen atoms in total. The van der Waals surface area contributed by atoms with E-state index >= 15 is 0 Å². The van der Waals surface area contributed by atoms with Gasteiger partial charge < -0.3 is 0 Å². The lowest BCUT2D eigenvalue weighted by Crippen LogP contribution is -2.23. The van der Waals surface area contributed by atoms with Crippen LogP contribution in [0.25, 0.3) is 0 Å². The Morgan fingerprint density at radius 3 is 1.70 bits per heavy atom. The van der Waals surface area contributed by atoms with Crippen LogP contribution < -0.4 is 0 Å². The van der Waals surface area contributed by atoms with Crippen LogP contribution in [-0.4, -0.2) is 0 Å². The summed E-state index contributed by atoms with van der Waals surface area (Å²) in [4.78, 5) is 0. The van der Waals surface area contributed by atoms with Gasteiger partial charge in [-0.25, -0.2) is 0 Å². The molecule has 0 N–H and O–H groups in total. The minimum atomic E-state index is 0.591.